The maximum absolute atomic E-state index is 14.1. The summed E-state index contributed by atoms with van der Waals surface area (Å²) >= 11 is 0. The van der Waals surface area contributed by atoms with Gasteiger partial charge in [0, 0.05) is 12.0 Å². The molecule has 2 bridgehead atoms. The van der Waals surface area contributed by atoms with Crippen molar-refractivity contribution in [1.29, 1.82) is 0 Å². The van der Waals surface area contributed by atoms with Gasteiger partial charge in [0.15, 0.2) is 23.1 Å². The predicted octanol–water partition coefficient (Wildman–Crippen LogP) is 6.94. The molecule has 2 aliphatic carbocycles. The first-order chi connectivity index (χ1) is 17.7. The SMILES string of the molecule is C=C(CCC=C(C)C)C(=O)C[C@H]1C[C@]2(CC=C(C)C)C(=O)C(=C(O)c3ccccc3)C(=O)[C@@H](C2=O)C1(C)C. The van der Waals surface area contributed by atoms with Crippen LogP contribution in [0, 0.1) is 22.7 Å². The zero-order chi connectivity index (χ0) is 28.4. The van der Waals surface area contributed by atoms with Crippen LogP contribution in [0.2, 0.25) is 0 Å². The van der Waals surface area contributed by atoms with Crippen LogP contribution in [0.15, 0.2) is 71.4 Å². The van der Waals surface area contributed by atoms with E-state index in [1.54, 1.807) is 30.3 Å². The van der Waals surface area contributed by atoms with Crippen LogP contribution in [0.1, 0.15) is 79.2 Å². The molecule has 0 aliphatic heterocycles. The van der Waals surface area contributed by atoms with Gasteiger partial charge in [-0.2, -0.15) is 0 Å². The average molecular weight is 517 g/mol. The van der Waals surface area contributed by atoms with E-state index in [0.29, 0.717) is 17.6 Å². The third-order valence-corrected chi connectivity index (χ3v) is 8.26. The van der Waals surface area contributed by atoms with Crippen molar-refractivity contribution in [3.63, 3.8) is 0 Å². The van der Waals surface area contributed by atoms with E-state index in [-0.39, 0.29) is 36.5 Å². The number of hydrogen-bond donors (Lipinski definition) is 1. The second-order valence-corrected chi connectivity index (χ2v) is 11.9. The molecule has 0 heterocycles. The maximum atomic E-state index is 14.1. The molecule has 0 saturated heterocycles. The summed E-state index contributed by atoms with van der Waals surface area (Å²) in [7, 11) is 0. The Hall–Kier alpha value is -3.34. The number of carbonyl (C=O) groups is 4. The minimum Gasteiger partial charge on any atom is -0.506 e. The third kappa shape index (κ3) is 5.43. The van der Waals surface area contributed by atoms with E-state index in [2.05, 4.69) is 12.7 Å². The Bertz CT molecular complexity index is 1250. The molecule has 1 aromatic carbocycles. The molecule has 0 amide bonds. The molecule has 0 spiro atoms. The van der Waals surface area contributed by atoms with Gasteiger partial charge in [-0.1, -0.05) is 74.1 Å². The summed E-state index contributed by atoms with van der Waals surface area (Å²) in [6, 6.07) is 8.46. The highest BCUT2D eigenvalue weighted by molar-refractivity contribution is 6.39. The molecule has 0 radical (unpaired) electrons. The minimum atomic E-state index is -1.50. The maximum Gasteiger partial charge on any atom is 0.184 e. The first-order valence-corrected chi connectivity index (χ1v) is 13.3. The molecule has 3 atom stereocenters. The summed E-state index contributed by atoms with van der Waals surface area (Å²) < 4.78 is 0. The van der Waals surface area contributed by atoms with E-state index >= 15 is 0 Å². The number of aliphatic hydroxyl groups is 1. The highest BCUT2D eigenvalue weighted by Crippen LogP contribution is 2.58. The zero-order valence-corrected chi connectivity index (χ0v) is 23.5. The number of rotatable bonds is 9. The van der Waals surface area contributed by atoms with E-state index < -0.39 is 39.9 Å². The highest BCUT2D eigenvalue weighted by Gasteiger charge is 2.66. The lowest BCUT2D eigenvalue weighted by molar-refractivity contribution is -0.163. The third-order valence-electron chi connectivity index (χ3n) is 8.26. The number of carbonyl (C=O) groups excluding carboxylic acids is 4. The monoisotopic (exact) mass is 516 g/mol. The number of benzene rings is 1. The molecule has 5 heteroatoms. The molecule has 1 N–H and O–H groups in total. The van der Waals surface area contributed by atoms with Crippen molar-refractivity contribution in [2.24, 2.45) is 22.7 Å². The van der Waals surface area contributed by atoms with Crippen LogP contribution in [0.25, 0.3) is 5.76 Å². The van der Waals surface area contributed by atoms with Gasteiger partial charge in [-0.15, -0.1) is 0 Å². The summed E-state index contributed by atoms with van der Waals surface area (Å²) in [6.07, 6.45) is 5.55. The van der Waals surface area contributed by atoms with Crippen LogP contribution in [-0.4, -0.2) is 28.2 Å². The molecular formula is C33H40O5. The van der Waals surface area contributed by atoms with Gasteiger partial charge in [0.1, 0.15) is 11.3 Å². The lowest BCUT2D eigenvalue weighted by Gasteiger charge is -2.53. The lowest BCUT2D eigenvalue weighted by atomic mass is 9.46. The van der Waals surface area contributed by atoms with Gasteiger partial charge in [0.05, 0.1) is 11.3 Å². The largest absolute Gasteiger partial charge is 0.506 e. The molecular weight excluding hydrogens is 476 g/mol. The average Bonchev–Trinajstić information content (AvgIpc) is 2.84. The number of Topliss-reactive ketones (excluding diaryl/α,β-unsaturated/α-hetero) is 4. The van der Waals surface area contributed by atoms with Gasteiger partial charge in [-0.25, -0.2) is 0 Å². The standard InChI is InChI=1S/C33H40O5/c1-20(2)12-11-13-22(5)25(34)18-24-19-33(17-16-21(3)4)30(37)26(28(35)23-14-9-8-10-15-23)29(36)27(31(33)38)32(24,6)7/h8-10,12,14-16,24,27,35H,5,11,13,17-19H2,1-4,6-7H3/t24-,27-,33+/m0/s1. The Labute approximate surface area is 226 Å². The first-order valence-electron chi connectivity index (χ1n) is 13.3. The van der Waals surface area contributed by atoms with Gasteiger partial charge in [-0.05, 0) is 70.3 Å². The van der Waals surface area contributed by atoms with E-state index in [0.717, 1.165) is 12.0 Å². The molecule has 1 aromatic rings. The molecule has 202 valence electrons. The fourth-order valence-electron chi connectivity index (χ4n) is 5.79. The quantitative estimate of drug-likeness (QED) is 0.126. The Balaban J connectivity index is 2.08. The Kier molecular flexibility index (Phi) is 8.60. The summed E-state index contributed by atoms with van der Waals surface area (Å²) in [5.41, 5.74) is 0.290. The van der Waals surface area contributed by atoms with Crippen molar-refractivity contribution in [3.05, 3.63) is 76.9 Å². The first kappa shape index (κ1) is 29.2. The molecule has 2 aliphatic rings. The van der Waals surface area contributed by atoms with E-state index in [1.165, 1.54) is 5.57 Å². The Morgan fingerprint density at radius 3 is 2.21 bits per heavy atom. The number of ketones is 4. The van der Waals surface area contributed by atoms with Crippen LogP contribution in [0.3, 0.4) is 0 Å². The van der Waals surface area contributed by atoms with Gasteiger partial charge in [-0.3, -0.25) is 19.2 Å². The molecule has 2 saturated carbocycles. The minimum absolute atomic E-state index is 0.0992. The highest BCUT2D eigenvalue weighted by atomic mass is 16.3. The predicted molar refractivity (Wildman–Crippen MR) is 150 cm³/mol. The van der Waals surface area contributed by atoms with Crippen LogP contribution >= 0.6 is 0 Å². The topological polar surface area (TPSA) is 88.5 Å². The second-order valence-electron chi connectivity index (χ2n) is 11.9. The summed E-state index contributed by atoms with van der Waals surface area (Å²) in [4.78, 5) is 55.1. The number of hydrogen-bond acceptors (Lipinski definition) is 5. The number of fused-ring (bicyclic) bond motifs is 2. The molecule has 0 aromatic heterocycles. The lowest BCUT2D eigenvalue weighted by Crippen LogP contribution is -2.63. The van der Waals surface area contributed by atoms with Gasteiger partial charge in [0.25, 0.3) is 0 Å². The van der Waals surface area contributed by atoms with Crippen LogP contribution < -0.4 is 0 Å². The summed E-state index contributed by atoms with van der Waals surface area (Å²) in [5, 5.41) is 11.1. The normalized spacial score (nSPS) is 25.5. The van der Waals surface area contributed by atoms with Crippen molar-refractivity contribution in [1.82, 2.24) is 0 Å². The van der Waals surface area contributed by atoms with Crippen molar-refractivity contribution in [2.75, 3.05) is 0 Å². The fourth-order valence-corrected chi connectivity index (χ4v) is 5.79. The van der Waals surface area contributed by atoms with E-state index in [4.69, 9.17) is 0 Å². The molecule has 0 unspecified atom stereocenters. The molecule has 2 fully saturated rings. The fraction of sp³-hybridized carbons (Fsp3) is 0.455. The smallest absolute Gasteiger partial charge is 0.184 e. The second kappa shape index (κ2) is 11.2. The van der Waals surface area contributed by atoms with E-state index in [1.807, 2.05) is 47.6 Å². The summed E-state index contributed by atoms with van der Waals surface area (Å²) in [5.74, 6) is -3.69. The van der Waals surface area contributed by atoms with Gasteiger partial charge >= 0.3 is 0 Å². The van der Waals surface area contributed by atoms with Crippen LogP contribution in [0.5, 0.6) is 0 Å². The van der Waals surface area contributed by atoms with Gasteiger partial charge in [0.2, 0.25) is 0 Å². The number of aliphatic hydroxyl groups excluding tert-OH is 1. The van der Waals surface area contributed by atoms with Crippen LogP contribution in [0.4, 0.5) is 0 Å². The Morgan fingerprint density at radius 2 is 1.63 bits per heavy atom. The van der Waals surface area contributed by atoms with Gasteiger partial charge < -0.3 is 5.11 Å². The zero-order valence-electron chi connectivity index (χ0n) is 23.5. The Morgan fingerprint density at radius 1 is 1.03 bits per heavy atom. The van der Waals surface area contributed by atoms with E-state index in [9.17, 15) is 24.3 Å². The summed E-state index contributed by atoms with van der Waals surface area (Å²) in [6.45, 7) is 15.4. The van der Waals surface area contributed by atoms with Crippen molar-refractivity contribution >= 4 is 28.9 Å². The number of allylic oxidation sites excluding steroid dienone is 6. The van der Waals surface area contributed by atoms with Crippen LogP contribution in [-0.2, 0) is 19.2 Å². The molecule has 38 heavy (non-hydrogen) atoms. The molecule has 5 nitrogen and oxygen atoms in total. The van der Waals surface area contributed by atoms with Crippen molar-refractivity contribution in [3.8, 4) is 0 Å². The van der Waals surface area contributed by atoms with Crippen molar-refractivity contribution < 1.29 is 24.3 Å². The van der Waals surface area contributed by atoms with Crippen molar-refractivity contribution in [2.45, 2.75) is 73.6 Å². The molecule has 3 rings (SSSR count).